The average Bonchev–Trinajstić information content (AvgIpc) is 3.11. The number of nitrogens with one attached hydrogen (secondary N) is 1. The fourth-order valence-corrected chi connectivity index (χ4v) is 3.86. The molecule has 0 aliphatic heterocycles. The summed E-state index contributed by atoms with van der Waals surface area (Å²) < 4.78 is 10.9. The molecule has 1 unspecified atom stereocenters. The lowest BCUT2D eigenvalue weighted by Gasteiger charge is -2.13. The van der Waals surface area contributed by atoms with Gasteiger partial charge >= 0.3 is 0 Å². The Morgan fingerprint density at radius 1 is 1.04 bits per heavy atom. The summed E-state index contributed by atoms with van der Waals surface area (Å²) in [4.78, 5) is 6.16. The van der Waals surface area contributed by atoms with Gasteiger partial charge < -0.3 is 14.4 Å². The van der Waals surface area contributed by atoms with Crippen molar-refractivity contribution in [3.8, 4) is 22.1 Å². The van der Waals surface area contributed by atoms with Crippen LogP contribution in [0.1, 0.15) is 11.3 Å². The number of hydrogen-bond acceptors (Lipinski definition) is 4. The van der Waals surface area contributed by atoms with E-state index in [1.807, 2.05) is 30.3 Å². The summed E-state index contributed by atoms with van der Waals surface area (Å²) in [5, 5.41) is 3.82. The average molecular weight is 390 g/mol. The Labute approximate surface area is 163 Å². The minimum absolute atomic E-state index is 0.715. The Hall–Kier alpha value is -2.08. The number of benzene rings is 2. The van der Waals surface area contributed by atoms with E-state index >= 15 is 0 Å². The highest BCUT2D eigenvalue weighted by molar-refractivity contribution is 7.13. The van der Waals surface area contributed by atoms with Gasteiger partial charge in [-0.2, -0.15) is 0 Å². The summed E-state index contributed by atoms with van der Waals surface area (Å²) >= 11 is 7.57. The molecule has 1 atom stereocenters. The number of aromatic nitrogens is 1. The van der Waals surface area contributed by atoms with E-state index in [0.29, 0.717) is 5.75 Å². The fraction of sp³-hybridized carbons (Fsp3) is 0.250. The first-order valence-corrected chi connectivity index (χ1v) is 9.58. The molecule has 0 radical (unpaired) electrons. The van der Waals surface area contributed by atoms with Gasteiger partial charge in [-0.25, -0.2) is 4.98 Å². The van der Waals surface area contributed by atoms with E-state index in [1.165, 1.54) is 10.5 Å². The Bertz CT molecular complexity index is 865. The molecule has 0 bridgehead atoms. The molecule has 0 aliphatic rings. The van der Waals surface area contributed by atoms with Gasteiger partial charge in [-0.1, -0.05) is 29.8 Å². The maximum absolute atomic E-state index is 5.95. The summed E-state index contributed by atoms with van der Waals surface area (Å²) in [6, 6.07) is 13.9. The van der Waals surface area contributed by atoms with Gasteiger partial charge in [-0.05, 0) is 24.3 Å². The van der Waals surface area contributed by atoms with Crippen LogP contribution in [0.3, 0.4) is 0 Å². The molecule has 6 heteroatoms. The Morgan fingerprint density at radius 2 is 1.81 bits per heavy atom. The molecule has 2 aromatic carbocycles. The number of thiazole rings is 1. The zero-order valence-corrected chi connectivity index (χ0v) is 16.7. The predicted molar refractivity (Wildman–Crippen MR) is 106 cm³/mol. The fourth-order valence-electron chi connectivity index (χ4n) is 2.89. The first-order chi connectivity index (χ1) is 12.6. The van der Waals surface area contributed by atoms with E-state index in [-0.39, 0.29) is 0 Å². The second-order valence-corrected chi connectivity index (χ2v) is 7.42. The summed E-state index contributed by atoms with van der Waals surface area (Å²) in [6.07, 6.45) is 0. The van der Waals surface area contributed by atoms with E-state index in [0.717, 1.165) is 40.1 Å². The van der Waals surface area contributed by atoms with Crippen LogP contribution in [0.2, 0.25) is 5.02 Å². The minimum atomic E-state index is 0.715. The van der Waals surface area contributed by atoms with Crippen LogP contribution in [-0.2, 0) is 13.1 Å². The molecule has 1 aromatic heterocycles. The van der Waals surface area contributed by atoms with Crippen molar-refractivity contribution in [2.45, 2.75) is 13.1 Å². The summed E-state index contributed by atoms with van der Waals surface area (Å²) in [7, 11) is 5.46. The zero-order chi connectivity index (χ0) is 18.5. The topological polar surface area (TPSA) is 35.8 Å². The van der Waals surface area contributed by atoms with Crippen LogP contribution in [0, 0.1) is 0 Å². The standard InChI is InChI=1S/C20H21ClN2O2S/c1-23(11-14-7-9-15(21)10-8-14)12-16-13-26-20(22-16)17-5-4-6-18(24-2)19(17)25-3/h4-10,13H,11-12H2,1-3H3/p+1. The molecule has 26 heavy (non-hydrogen) atoms. The zero-order valence-electron chi connectivity index (χ0n) is 15.1. The van der Waals surface area contributed by atoms with Crippen molar-refractivity contribution in [3.05, 3.63) is 64.1 Å². The van der Waals surface area contributed by atoms with Crippen LogP contribution in [0.25, 0.3) is 10.6 Å². The summed E-state index contributed by atoms with van der Waals surface area (Å²) in [5.74, 6) is 1.44. The summed E-state index contributed by atoms with van der Waals surface area (Å²) in [5.41, 5.74) is 3.29. The first-order valence-electron chi connectivity index (χ1n) is 8.32. The number of rotatable bonds is 7. The van der Waals surface area contributed by atoms with Crippen molar-refractivity contribution in [3.63, 3.8) is 0 Å². The third kappa shape index (κ3) is 4.36. The molecular formula is C20H22ClN2O2S+. The second kappa shape index (κ2) is 8.54. The van der Waals surface area contributed by atoms with Crippen molar-refractivity contribution >= 4 is 22.9 Å². The lowest BCUT2D eigenvalue weighted by molar-refractivity contribution is -0.908. The highest BCUT2D eigenvalue weighted by Crippen LogP contribution is 2.38. The number of nitrogens with zero attached hydrogens (tertiary/aromatic N) is 1. The Balaban J connectivity index is 1.73. The lowest BCUT2D eigenvalue weighted by Crippen LogP contribution is -3.06. The molecule has 1 N–H and O–H groups in total. The van der Waals surface area contributed by atoms with Gasteiger partial charge in [0.05, 0.1) is 26.8 Å². The van der Waals surface area contributed by atoms with Gasteiger partial charge in [0.1, 0.15) is 23.8 Å². The van der Waals surface area contributed by atoms with Gasteiger partial charge in [-0.15, -0.1) is 11.3 Å². The Kier molecular flexibility index (Phi) is 6.14. The second-order valence-electron chi connectivity index (χ2n) is 6.12. The van der Waals surface area contributed by atoms with Gasteiger partial charge in [0.2, 0.25) is 0 Å². The molecule has 3 rings (SSSR count). The monoisotopic (exact) mass is 389 g/mol. The number of halogens is 1. The normalized spacial score (nSPS) is 12.0. The quantitative estimate of drug-likeness (QED) is 0.669. The molecule has 1 heterocycles. The molecule has 0 saturated heterocycles. The Morgan fingerprint density at radius 3 is 2.50 bits per heavy atom. The van der Waals surface area contributed by atoms with E-state index in [1.54, 1.807) is 25.6 Å². The SMILES string of the molecule is COc1cccc(-c2nc(C[NH+](C)Cc3ccc(Cl)cc3)cs2)c1OC. The minimum Gasteiger partial charge on any atom is -0.493 e. The summed E-state index contributed by atoms with van der Waals surface area (Å²) in [6.45, 7) is 1.78. The molecule has 136 valence electrons. The van der Waals surface area contributed by atoms with Crippen LogP contribution < -0.4 is 14.4 Å². The molecule has 0 spiro atoms. The smallest absolute Gasteiger partial charge is 0.170 e. The molecule has 4 nitrogen and oxygen atoms in total. The van der Waals surface area contributed by atoms with Crippen LogP contribution in [-0.4, -0.2) is 26.3 Å². The molecule has 0 fully saturated rings. The number of ether oxygens (including phenoxy) is 2. The third-order valence-corrected chi connectivity index (χ3v) is 5.26. The van der Waals surface area contributed by atoms with Crippen molar-refractivity contribution in [2.75, 3.05) is 21.3 Å². The largest absolute Gasteiger partial charge is 0.493 e. The first kappa shape index (κ1) is 18.7. The van der Waals surface area contributed by atoms with Gasteiger partial charge in [0.25, 0.3) is 0 Å². The van der Waals surface area contributed by atoms with Crippen molar-refractivity contribution in [2.24, 2.45) is 0 Å². The molecule has 0 amide bonds. The number of hydrogen-bond donors (Lipinski definition) is 1. The van der Waals surface area contributed by atoms with Crippen molar-refractivity contribution in [1.29, 1.82) is 0 Å². The maximum atomic E-state index is 5.95. The predicted octanol–water partition coefficient (Wildman–Crippen LogP) is 3.70. The van der Waals surface area contributed by atoms with Gasteiger partial charge in [-0.3, -0.25) is 0 Å². The lowest BCUT2D eigenvalue weighted by atomic mass is 10.2. The number of quaternary nitrogens is 1. The van der Waals surface area contributed by atoms with E-state index in [4.69, 9.17) is 26.1 Å². The molecular weight excluding hydrogens is 368 g/mol. The van der Waals surface area contributed by atoms with Crippen molar-refractivity contribution < 1.29 is 14.4 Å². The maximum Gasteiger partial charge on any atom is 0.170 e. The van der Waals surface area contributed by atoms with Gasteiger partial charge in [0.15, 0.2) is 11.5 Å². The number of methoxy groups -OCH3 is 2. The van der Waals surface area contributed by atoms with E-state index in [9.17, 15) is 0 Å². The van der Waals surface area contributed by atoms with Crippen LogP contribution in [0.15, 0.2) is 47.8 Å². The van der Waals surface area contributed by atoms with Gasteiger partial charge in [0, 0.05) is 16.0 Å². The molecule has 3 aromatic rings. The molecule has 0 saturated carbocycles. The van der Waals surface area contributed by atoms with Crippen LogP contribution >= 0.6 is 22.9 Å². The third-order valence-electron chi connectivity index (χ3n) is 4.09. The van der Waals surface area contributed by atoms with Crippen molar-refractivity contribution in [1.82, 2.24) is 4.98 Å². The highest BCUT2D eigenvalue weighted by atomic mass is 35.5. The van der Waals surface area contributed by atoms with Crippen LogP contribution in [0.5, 0.6) is 11.5 Å². The van der Waals surface area contributed by atoms with E-state index in [2.05, 4.69) is 24.6 Å². The van der Waals surface area contributed by atoms with Crippen LogP contribution in [0.4, 0.5) is 0 Å². The highest BCUT2D eigenvalue weighted by Gasteiger charge is 2.16. The number of para-hydroxylation sites is 1. The molecule has 0 aliphatic carbocycles. The van der Waals surface area contributed by atoms with E-state index < -0.39 is 0 Å².